The van der Waals surface area contributed by atoms with Crippen molar-refractivity contribution in [1.82, 2.24) is 4.90 Å². The molecule has 3 aromatic rings. The summed E-state index contributed by atoms with van der Waals surface area (Å²) < 4.78 is 27.2. The summed E-state index contributed by atoms with van der Waals surface area (Å²) in [6, 6.07) is 15.9. The van der Waals surface area contributed by atoms with Gasteiger partial charge in [0.2, 0.25) is 11.8 Å². The van der Waals surface area contributed by atoms with E-state index in [1.165, 1.54) is 17.0 Å². The number of likely N-dealkylation sites (N-methyl/N-ethyl adjacent to an activating group) is 1. The third-order valence-corrected chi connectivity index (χ3v) is 7.31. The van der Waals surface area contributed by atoms with Gasteiger partial charge >= 0.3 is 6.09 Å². The van der Waals surface area contributed by atoms with Gasteiger partial charge in [-0.3, -0.25) is 14.9 Å². The second kappa shape index (κ2) is 12.1. The molecule has 2 heterocycles. The quantitative estimate of drug-likeness (QED) is 0.352. The molecule has 2 atom stereocenters. The highest BCUT2D eigenvalue weighted by molar-refractivity contribution is 7.79. The van der Waals surface area contributed by atoms with Crippen LogP contribution in [-0.4, -0.2) is 45.2 Å². The van der Waals surface area contributed by atoms with Crippen LogP contribution in [0.4, 0.5) is 16.2 Å². The smallest absolute Gasteiger partial charge is 0.411 e. The van der Waals surface area contributed by atoms with Crippen molar-refractivity contribution in [2.75, 3.05) is 24.3 Å². The Kier molecular flexibility index (Phi) is 8.62. The zero-order chi connectivity index (χ0) is 28.1. The predicted molar refractivity (Wildman–Crippen MR) is 148 cm³/mol. The Morgan fingerprint density at radius 1 is 1.15 bits per heavy atom. The summed E-state index contributed by atoms with van der Waals surface area (Å²) >= 11 is -2.32. The first-order valence-electron chi connectivity index (χ1n) is 12.4. The molecule has 2 aliphatic rings. The number of nitrogens with zero attached hydrogens (tertiary/aromatic N) is 1. The molecular formula is C28H30N4O6S. The summed E-state index contributed by atoms with van der Waals surface area (Å²) in [5.41, 5.74) is 9.73. The molecular weight excluding hydrogens is 520 g/mol. The average Bonchev–Trinajstić information content (AvgIpc) is 2.91. The first kappa shape index (κ1) is 27.8. The summed E-state index contributed by atoms with van der Waals surface area (Å²) in [7, 11) is 1.59. The highest BCUT2D eigenvalue weighted by Crippen LogP contribution is 2.27. The molecule has 3 aromatic carbocycles. The van der Waals surface area contributed by atoms with E-state index in [9.17, 15) is 23.1 Å². The van der Waals surface area contributed by atoms with Crippen molar-refractivity contribution in [3.63, 3.8) is 0 Å². The van der Waals surface area contributed by atoms with E-state index >= 15 is 0 Å². The van der Waals surface area contributed by atoms with E-state index in [2.05, 4.69) is 10.6 Å². The Bertz CT molecular complexity index is 1440. The van der Waals surface area contributed by atoms with Gasteiger partial charge < -0.3 is 25.2 Å². The van der Waals surface area contributed by atoms with Crippen molar-refractivity contribution < 1.29 is 27.9 Å². The number of benzene rings is 3. The molecule has 204 valence electrons. The second-order valence-electron chi connectivity index (χ2n) is 9.18. The molecule has 0 saturated heterocycles. The molecule has 2 aliphatic heterocycles. The van der Waals surface area contributed by atoms with E-state index in [-0.39, 0.29) is 24.0 Å². The summed E-state index contributed by atoms with van der Waals surface area (Å²) in [5, 5.41) is 5.88. The van der Waals surface area contributed by atoms with E-state index in [0.717, 1.165) is 11.1 Å². The minimum absolute atomic E-state index is 0.0107. The summed E-state index contributed by atoms with van der Waals surface area (Å²) in [5.74, 6) is -0.898. The first-order chi connectivity index (χ1) is 18.7. The maximum absolute atomic E-state index is 13.9. The van der Waals surface area contributed by atoms with Gasteiger partial charge in [0.25, 0.3) is 0 Å². The topological polar surface area (TPSA) is 151 Å². The van der Waals surface area contributed by atoms with Crippen molar-refractivity contribution in [2.45, 2.75) is 37.2 Å². The maximum Gasteiger partial charge on any atom is 0.411 e. The molecule has 5 rings (SSSR count). The van der Waals surface area contributed by atoms with Crippen molar-refractivity contribution >= 4 is 40.4 Å². The lowest BCUT2D eigenvalue weighted by molar-refractivity contribution is -0.131. The van der Waals surface area contributed by atoms with Gasteiger partial charge in [0, 0.05) is 37.0 Å². The fourth-order valence-electron chi connectivity index (χ4n) is 4.53. The Morgan fingerprint density at radius 3 is 2.67 bits per heavy atom. The number of amides is 3. The van der Waals surface area contributed by atoms with Crippen LogP contribution in [0.5, 0.6) is 0 Å². The van der Waals surface area contributed by atoms with E-state index in [1.54, 1.807) is 37.4 Å². The molecule has 0 radical (unpaired) electrons. The van der Waals surface area contributed by atoms with E-state index < -0.39 is 29.1 Å². The summed E-state index contributed by atoms with van der Waals surface area (Å²) in [4.78, 5) is 39.6. The molecule has 0 fully saturated rings. The van der Waals surface area contributed by atoms with Gasteiger partial charge in [-0.2, -0.15) is 0 Å². The summed E-state index contributed by atoms with van der Waals surface area (Å²) in [6.45, 7) is 2.14. The molecule has 4 bridgehead atoms. The third-order valence-electron chi connectivity index (χ3n) is 6.53. The van der Waals surface area contributed by atoms with Crippen molar-refractivity contribution in [2.24, 2.45) is 5.73 Å². The van der Waals surface area contributed by atoms with Crippen LogP contribution < -0.4 is 16.4 Å². The van der Waals surface area contributed by atoms with Gasteiger partial charge in [-0.15, -0.1) is 0 Å². The predicted octanol–water partition coefficient (Wildman–Crippen LogP) is 3.84. The molecule has 39 heavy (non-hydrogen) atoms. The molecule has 0 aromatic heterocycles. The van der Waals surface area contributed by atoms with E-state index in [0.29, 0.717) is 40.9 Å². The second-order valence-corrected chi connectivity index (χ2v) is 10.1. The minimum Gasteiger partial charge on any atom is -0.449 e. The van der Waals surface area contributed by atoms with Gasteiger partial charge in [0.05, 0.1) is 11.5 Å². The molecule has 0 aliphatic carbocycles. The molecule has 0 spiro atoms. The zero-order valence-electron chi connectivity index (χ0n) is 21.6. The molecule has 0 saturated carbocycles. The van der Waals surface area contributed by atoms with Gasteiger partial charge in [0.15, 0.2) is 11.1 Å². The van der Waals surface area contributed by atoms with Gasteiger partial charge in [-0.1, -0.05) is 31.2 Å². The number of hydrogen-bond donors (Lipinski definition) is 4. The third kappa shape index (κ3) is 6.62. The number of nitrogens with two attached hydrogens (primary N) is 1. The number of carbonyl (C=O) groups is 3. The molecule has 5 N–H and O–H groups in total. The number of fused-ring (bicyclic) bond motifs is 9. The Labute approximate surface area is 228 Å². The SMILES string of the molecule is CCc1cc2ccc1CCOC(=O)Nc1ccc(S(=O)O)c(c1)CN(C)C(=O)[C@@H]2Nc1cccc(C(N)=O)c1. The maximum atomic E-state index is 13.9. The number of nitrogens with one attached hydrogen (secondary N) is 2. The Morgan fingerprint density at radius 2 is 1.95 bits per heavy atom. The number of anilines is 2. The monoisotopic (exact) mass is 550 g/mol. The van der Waals surface area contributed by atoms with Crippen LogP contribution in [-0.2, 0) is 40.0 Å². The number of carbonyl (C=O) groups excluding carboxylic acids is 3. The Hall–Kier alpha value is -4.22. The van der Waals surface area contributed by atoms with E-state index in [4.69, 9.17) is 10.5 Å². The lowest BCUT2D eigenvalue weighted by Gasteiger charge is -2.27. The number of primary amides is 1. The van der Waals surface area contributed by atoms with Crippen LogP contribution in [0, 0.1) is 0 Å². The van der Waals surface area contributed by atoms with Crippen molar-refractivity contribution in [3.8, 4) is 0 Å². The fourth-order valence-corrected chi connectivity index (χ4v) is 5.06. The molecule has 10 nitrogen and oxygen atoms in total. The van der Waals surface area contributed by atoms with Crippen LogP contribution in [0.15, 0.2) is 65.6 Å². The van der Waals surface area contributed by atoms with Crippen LogP contribution in [0.2, 0.25) is 0 Å². The summed E-state index contributed by atoms with van der Waals surface area (Å²) in [6.07, 6.45) is 0.531. The highest BCUT2D eigenvalue weighted by atomic mass is 32.2. The average molecular weight is 551 g/mol. The highest BCUT2D eigenvalue weighted by Gasteiger charge is 2.26. The molecule has 1 unspecified atom stereocenters. The lowest BCUT2D eigenvalue weighted by atomic mass is 9.95. The molecule has 11 heteroatoms. The standard InChI is InChI=1S/C28H30N4O6S/c1-3-17-13-19-8-7-18(17)11-12-38-28(35)31-23-9-10-24(39(36)37)21(15-23)16-32(2)27(34)25(19)30-22-6-4-5-20(14-22)26(29)33/h4-10,13-15,25,30H,3,11-12,16H2,1-2H3,(H2,29,33)(H,31,35)(H,36,37)/t25-/m1/s1. The largest absolute Gasteiger partial charge is 0.449 e. The first-order valence-corrected chi connectivity index (χ1v) is 13.5. The number of aryl methyl sites for hydroxylation is 1. The normalized spacial score (nSPS) is 16.8. The zero-order valence-corrected chi connectivity index (χ0v) is 22.4. The van der Waals surface area contributed by atoms with Crippen molar-refractivity contribution in [3.05, 3.63) is 88.5 Å². The lowest BCUT2D eigenvalue weighted by Crippen LogP contribution is -2.35. The number of ether oxygens (including phenoxy) is 1. The number of hydrogen-bond acceptors (Lipinski definition) is 6. The van der Waals surface area contributed by atoms with Crippen LogP contribution in [0.3, 0.4) is 0 Å². The number of rotatable bonds is 5. The van der Waals surface area contributed by atoms with Crippen LogP contribution in [0.25, 0.3) is 0 Å². The fraction of sp³-hybridized carbons (Fsp3) is 0.250. The van der Waals surface area contributed by atoms with Crippen molar-refractivity contribution in [1.29, 1.82) is 0 Å². The minimum atomic E-state index is -2.32. The molecule has 3 amide bonds. The Balaban J connectivity index is 1.79. The van der Waals surface area contributed by atoms with Crippen LogP contribution in [0.1, 0.15) is 45.6 Å². The van der Waals surface area contributed by atoms with Crippen LogP contribution >= 0.6 is 0 Å². The van der Waals surface area contributed by atoms with E-state index in [1.807, 2.05) is 25.1 Å². The van der Waals surface area contributed by atoms with Gasteiger partial charge in [-0.05, 0) is 65.1 Å². The van der Waals surface area contributed by atoms with Gasteiger partial charge in [-0.25, -0.2) is 9.00 Å². The van der Waals surface area contributed by atoms with Gasteiger partial charge in [0.1, 0.15) is 6.04 Å².